The van der Waals surface area contributed by atoms with Crippen molar-refractivity contribution in [2.45, 2.75) is 44.8 Å². The Morgan fingerprint density at radius 1 is 1.08 bits per heavy atom. The Morgan fingerprint density at radius 3 is 2.46 bits per heavy atom. The van der Waals surface area contributed by atoms with Crippen LogP contribution in [0, 0.1) is 5.92 Å². The Labute approximate surface area is 142 Å². The molecule has 0 unspecified atom stereocenters. The van der Waals surface area contributed by atoms with Crippen LogP contribution in [0.5, 0.6) is 0 Å². The molecule has 1 saturated carbocycles. The van der Waals surface area contributed by atoms with Crippen LogP contribution >= 0.6 is 0 Å². The second-order valence-electron chi connectivity index (χ2n) is 6.07. The molecule has 0 aliphatic heterocycles. The summed E-state index contributed by atoms with van der Waals surface area (Å²) in [4.78, 5) is 23.4. The summed E-state index contributed by atoms with van der Waals surface area (Å²) in [5, 5.41) is 11.5. The van der Waals surface area contributed by atoms with Gasteiger partial charge in [0.15, 0.2) is 0 Å². The van der Waals surface area contributed by atoms with Crippen LogP contribution in [0.1, 0.15) is 37.7 Å². The lowest BCUT2D eigenvalue weighted by Gasteiger charge is -2.28. The van der Waals surface area contributed by atoms with Gasteiger partial charge in [0, 0.05) is 12.5 Å². The van der Waals surface area contributed by atoms with Crippen molar-refractivity contribution < 1.29 is 24.2 Å². The number of alkyl carbamates (subject to hydrolysis) is 1. The van der Waals surface area contributed by atoms with E-state index in [2.05, 4.69) is 5.32 Å². The molecule has 1 fully saturated rings. The Kier molecular flexibility index (Phi) is 7.55. The summed E-state index contributed by atoms with van der Waals surface area (Å²) in [6, 6.07) is 9.65. The van der Waals surface area contributed by atoms with Crippen LogP contribution in [0.25, 0.3) is 0 Å². The lowest BCUT2D eigenvalue weighted by molar-refractivity contribution is -0.146. The van der Waals surface area contributed by atoms with Crippen LogP contribution < -0.4 is 5.32 Å². The van der Waals surface area contributed by atoms with E-state index < -0.39 is 6.09 Å². The van der Waals surface area contributed by atoms with Gasteiger partial charge in [-0.2, -0.15) is 0 Å². The first kappa shape index (κ1) is 18.3. The zero-order valence-electron chi connectivity index (χ0n) is 13.8. The topological polar surface area (TPSA) is 84.9 Å². The standard InChI is InChI=1S/C18H25NO5/c20-10-11-23-17(21)12-14-6-8-16(9-7-14)19-18(22)24-13-15-4-2-1-3-5-15/h1-5,14,16,20H,6-13H2,(H,19,22). The molecule has 0 spiro atoms. The predicted molar refractivity (Wildman–Crippen MR) is 88.2 cm³/mol. The average molecular weight is 335 g/mol. The van der Waals surface area contributed by atoms with Crippen molar-refractivity contribution in [3.8, 4) is 0 Å². The summed E-state index contributed by atoms with van der Waals surface area (Å²) in [6.45, 7) is 0.176. The number of aliphatic hydroxyl groups is 1. The molecule has 1 aliphatic carbocycles. The normalized spacial score (nSPS) is 20.2. The van der Waals surface area contributed by atoms with E-state index in [1.54, 1.807) is 0 Å². The van der Waals surface area contributed by atoms with Crippen LogP contribution in [0.4, 0.5) is 4.79 Å². The molecule has 0 bridgehead atoms. The van der Waals surface area contributed by atoms with Gasteiger partial charge in [-0.05, 0) is 37.2 Å². The summed E-state index contributed by atoms with van der Waals surface area (Å²) in [5.41, 5.74) is 0.956. The van der Waals surface area contributed by atoms with Gasteiger partial charge in [-0.15, -0.1) is 0 Å². The number of carbonyl (C=O) groups excluding carboxylic acids is 2. The zero-order valence-corrected chi connectivity index (χ0v) is 13.8. The van der Waals surface area contributed by atoms with Crippen LogP contribution in [0.2, 0.25) is 0 Å². The number of ether oxygens (including phenoxy) is 2. The summed E-state index contributed by atoms with van der Waals surface area (Å²) in [6.07, 6.45) is 3.39. The number of amides is 1. The first-order valence-corrected chi connectivity index (χ1v) is 8.41. The van der Waals surface area contributed by atoms with Crippen LogP contribution in [-0.2, 0) is 20.9 Å². The SMILES string of the molecule is O=C(CC1CCC(NC(=O)OCc2ccccc2)CC1)OCCO. The number of benzene rings is 1. The maximum atomic E-state index is 11.8. The molecule has 1 amide bonds. The second-order valence-corrected chi connectivity index (χ2v) is 6.07. The maximum Gasteiger partial charge on any atom is 0.407 e. The quantitative estimate of drug-likeness (QED) is 0.748. The summed E-state index contributed by atoms with van der Waals surface area (Å²) < 4.78 is 10.1. The van der Waals surface area contributed by atoms with Crippen molar-refractivity contribution in [2.75, 3.05) is 13.2 Å². The fourth-order valence-corrected chi connectivity index (χ4v) is 2.90. The highest BCUT2D eigenvalue weighted by Crippen LogP contribution is 2.27. The van der Waals surface area contributed by atoms with Crippen molar-refractivity contribution in [1.29, 1.82) is 0 Å². The van der Waals surface area contributed by atoms with E-state index in [0.717, 1.165) is 31.2 Å². The highest BCUT2D eigenvalue weighted by Gasteiger charge is 2.24. The van der Waals surface area contributed by atoms with Gasteiger partial charge < -0.3 is 19.9 Å². The van der Waals surface area contributed by atoms with Crippen molar-refractivity contribution in [3.05, 3.63) is 35.9 Å². The van der Waals surface area contributed by atoms with Gasteiger partial charge in [0.2, 0.25) is 0 Å². The zero-order chi connectivity index (χ0) is 17.2. The van der Waals surface area contributed by atoms with Gasteiger partial charge in [-0.3, -0.25) is 4.79 Å². The van der Waals surface area contributed by atoms with Gasteiger partial charge in [0.05, 0.1) is 6.61 Å². The van der Waals surface area contributed by atoms with Gasteiger partial charge in [-0.25, -0.2) is 4.79 Å². The molecular formula is C18H25NO5. The Balaban J connectivity index is 1.62. The molecule has 132 valence electrons. The maximum absolute atomic E-state index is 11.8. The van der Waals surface area contributed by atoms with E-state index in [1.165, 1.54) is 0 Å². The molecule has 2 N–H and O–H groups in total. The highest BCUT2D eigenvalue weighted by molar-refractivity contribution is 5.69. The van der Waals surface area contributed by atoms with E-state index in [9.17, 15) is 9.59 Å². The van der Waals surface area contributed by atoms with E-state index >= 15 is 0 Å². The highest BCUT2D eigenvalue weighted by atomic mass is 16.5. The summed E-state index contributed by atoms with van der Waals surface area (Å²) in [5.74, 6) is 0.0253. The predicted octanol–water partition coefficient (Wildman–Crippen LogP) is 2.40. The largest absolute Gasteiger partial charge is 0.463 e. The van der Waals surface area contributed by atoms with Gasteiger partial charge in [0.1, 0.15) is 13.2 Å². The van der Waals surface area contributed by atoms with E-state index in [-0.39, 0.29) is 37.7 Å². The van der Waals surface area contributed by atoms with Crippen molar-refractivity contribution in [1.82, 2.24) is 5.32 Å². The van der Waals surface area contributed by atoms with Gasteiger partial charge in [0.25, 0.3) is 0 Å². The minimum atomic E-state index is -0.398. The van der Waals surface area contributed by atoms with Gasteiger partial charge in [-0.1, -0.05) is 30.3 Å². The smallest absolute Gasteiger partial charge is 0.407 e. The number of rotatable bonds is 7. The molecule has 0 aromatic heterocycles. The lowest BCUT2D eigenvalue weighted by Crippen LogP contribution is -2.38. The minimum Gasteiger partial charge on any atom is -0.463 e. The number of nitrogens with one attached hydrogen (secondary N) is 1. The number of hydrogen-bond donors (Lipinski definition) is 2. The molecule has 6 heteroatoms. The minimum absolute atomic E-state index is 0.0585. The fraction of sp³-hybridized carbons (Fsp3) is 0.556. The third-order valence-electron chi connectivity index (χ3n) is 4.19. The molecular weight excluding hydrogens is 310 g/mol. The Bertz CT molecular complexity index is 511. The van der Waals surface area contributed by atoms with Gasteiger partial charge >= 0.3 is 12.1 Å². The molecule has 0 atom stereocenters. The van der Waals surface area contributed by atoms with E-state index in [0.29, 0.717) is 6.42 Å². The van der Waals surface area contributed by atoms with Crippen LogP contribution in [0.15, 0.2) is 30.3 Å². The molecule has 24 heavy (non-hydrogen) atoms. The Morgan fingerprint density at radius 2 is 1.79 bits per heavy atom. The number of carbonyl (C=O) groups is 2. The van der Waals surface area contributed by atoms with E-state index in [1.807, 2.05) is 30.3 Å². The average Bonchev–Trinajstić information content (AvgIpc) is 2.61. The molecule has 1 aliphatic rings. The van der Waals surface area contributed by atoms with Crippen LogP contribution in [0.3, 0.4) is 0 Å². The second kappa shape index (κ2) is 9.93. The fourth-order valence-electron chi connectivity index (χ4n) is 2.90. The van der Waals surface area contributed by atoms with E-state index in [4.69, 9.17) is 14.6 Å². The molecule has 0 heterocycles. The summed E-state index contributed by atoms with van der Waals surface area (Å²) >= 11 is 0. The third kappa shape index (κ3) is 6.58. The molecule has 1 aromatic carbocycles. The first-order chi connectivity index (χ1) is 11.7. The monoisotopic (exact) mass is 335 g/mol. The first-order valence-electron chi connectivity index (χ1n) is 8.41. The molecule has 0 saturated heterocycles. The van der Waals surface area contributed by atoms with Crippen molar-refractivity contribution >= 4 is 12.1 Å². The third-order valence-corrected chi connectivity index (χ3v) is 4.19. The van der Waals surface area contributed by atoms with Crippen LogP contribution in [-0.4, -0.2) is 36.4 Å². The number of hydrogen-bond acceptors (Lipinski definition) is 5. The van der Waals surface area contributed by atoms with Crippen molar-refractivity contribution in [3.63, 3.8) is 0 Å². The molecule has 0 radical (unpaired) electrons. The molecule has 1 aromatic rings. The summed E-state index contributed by atoms with van der Waals surface area (Å²) in [7, 11) is 0. The molecule has 6 nitrogen and oxygen atoms in total. The number of esters is 1. The van der Waals surface area contributed by atoms with Crippen molar-refractivity contribution in [2.24, 2.45) is 5.92 Å². The lowest BCUT2D eigenvalue weighted by atomic mass is 9.84. The number of aliphatic hydroxyl groups excluding tert-OH is 1. The molecule has 2 rings (SSSR count). The Hall–Kier alpha value is -2.08.